The van der Waals surface area contributed by atoms with E-state index >= 15 is 0 Å². The van der Waals surface area contributed by atoms with Gasteiger partial charge in [-0.1, -0.05) is 150 Å². The number of aliphatic imine (C=N–C) groups is 3. The molecule has 4 fully saturated rings. The van der Waals surface area contributed by atoms with Gasteiger partial charge in [0.05, 0.1) is 59.7 Å². The molecule has 0 radical (unpaired) electrons. The standard InChI is InChI=1S/C29H37N3O4.C28H31N5O4S.2C28H35N3O4/c1-2-23-24-8-3-4-9-25(24)31-27(23)28(33)32-26(29(34)35)19-21-10-12-22(13-11-21)36-18-6-5-7-20-14-16-30-17-15-20;1-3-37-17(2)22(31-26(35)27-32-23-6-4-5-7-24(23)38-27)13-12-21(34)16-19-14-15-33(28(19)36)20-10-8-18(9-11-20)25(29)30;2*1-19-23-7-2-3-8-24(23)30-26(19)27(32)31-25(28(33)34)18-21-9-11-22(12-10-21)35-17-5-4-6-20-13-15-29-16-14-20/h3-4,8-13,20,23,26,30H,2,5-7,14-19H2,1H3,(H,32,33)(H,34,35);4-11,19,22H,2-3,12-16H2,1H3,(H3,29,30)(H,31,35);2*2-3,7-12,19-20,25,29H,4-6,13-18H2,1H3,(H,31,32)(H,33,34). The number of piperidine rings is 3. The molecule has 8 atom stereocenters. The number of thiazole rings is 1. The number of para-hydroxylation sites is 4. The monoisotopic (exact) mass is 1980 g/mol. The molecule has 9 aromatic rings. The second-order valence-corrected chi connectivity index (χ2v) is 39.0. The number of nitrogen functional groups attached to an aromatic ring is 1. The quantitative estimate of drug-likeness (QED) is 0.00729. The number of anilines is 1. The van der Waals surface area contributed by atoms with Crippen LogP contribution < -0.4 is 62.1 Å². The number of carbonyl (C=O) groups is 9. The van der Waals surface area contributed by atoms with Crippen LogP contribution in [0.5, 0.6) is 17.2 Å². The van der Waals surface area contributed by atoms with Crippen LogP contribution in [0.4, 0.5) is 22.7 Å². The first-order valence-corrected chi connectivity index (χ1v) is 51.8. The van der Waals surface area contributed by atoms with Crippen molar-refractivity contribution in [1.29, 1.82) is 5.41 Å². The molecule has 1 aromatic heterocycles. The first-order chi connectivity index (χ1) is 69.8. The second kappa shape index (κ2) is 54.7. The second-order valence-electron chi connectivity index (χ2n) is 38.0. The lowest BCUT2D eigenvalue weighted by Gasteiger charge is -2.22. The number of carbonyl (C=O) groups excluding carboxylic acids is 6. The number of amides is 5. The van der Waals surface area contributed by atoms with Gasteiger partial charge in [0.25, 0.3) is 23.6 Å². The Kier molecular flexibility index (Phi) is 40.9. The molecule has 30 nitrogen and oxygen atoms in total. The molecule has 7 aliphatic rings. The van der Waals surface area contributed by atoms with Gasteiger partial charge in [0.1, 0.15) is 69.9 Å². The molecule has 31 heteroatoms. The Morgan fingerprint density at radius 3 is 1.28 bits per heavy atom. The number of hydrogen-bond donors (Lipinski definition) is 12. The number of rotatable bonds is 46. The minimum atomic E-state index is -1.07. The van der Waals surface area contributed by atoms with E-state index in [1.54, 1.807) is 29.2 Å². The SMILES string of the molecule is C=C(OCC)C(CCC(=O)CC1CCN(c2ccc(C(=N)N)cc2)C1=O)NC(=O)c1nc2ccccc2s1.CC1C(C(=O)NC(Cc2ccc(OCCCCC3CCNCC3)cc2)C(=O)O)=Nc2ccccc21.CC1C(C(=O)NC(Cc2ccc(OCCCCC3CCNCC3)cc2)C(=O)O)=Nc2ccccc21.CCC1C(C(=O)NC(Cc2ccc(OCCCCC3CCNCC3)cc2)C(=O)O)=Nc2ccccc21. The Balaban J connectivity index is 0.000000161. The van der Waals surface area contributed by atoms with Crippen molar-refractivity contribution in [3.8, 4) is 17.2 Å². The molecule has 16 rings (SSSR count). The van der Waals surface area contributed by atoms with Gasteiger partial charge in [0.2, 0.25) is 5.91 Å². The summed E-state index contributed by atoms with van der Waals surface area (Å²) in [5.41, 5.74) is 16.4. The zero-order valence-corrected chi connectivity index (χ0v) is 83.8. The third kappa shape index (κ3) is 31.4. The number of carboxylic acids is 3. The fraction of sp³-hybridized carbons (Fsp3) is 0.434. The van der Waals surface area contributed by atoms with Gasteiger partial charge in [0.15, 0.2) is 5.01 Å². The van der Waals surface area contributed by atoms with Crippen molar-refractivity contribution in [2.24, 2.45) is 44.4 Å². The third-order valence-corrected chi connectivity index (χ3v) is 28.7. The van der Waals surface area contributed by atoms with E-state index in [0.717, 1.165) is 166 Å². The third-order valence-electron chi connectivity index (χ3n) is 27.7. The lowest BCUT2D eigenvalue weighted by Crippen LogP contribution is -2.46. The first kappa shape index (κ1) is 108. The largest absolute Gasteiger partial charge is 0.497 e. The van der Waals surface area contributed by atoms with Crippen LogP contribution in [0.3, 0.4) is 0 Å². The predicted octanol–water partition coefficient (Wildman–Crippen LogP) is 17.1. The van der Waals surface area contributed by atoms with Gasteiger partial charge in [0, 0.05) is 73.6 Å². The molecule has 4 saturated heterocycles. The zero-order chi connectivity index (χ0) is 102. The summed E-state index contributed by atoms with van der Waals surface area (Å²) >= 11 is 1.30. The van der Waals surface area contributed by atoms with Gasteiger partial charge in [-0.05, 0) is 285 Å². The van der Waals surface area contributed by atoms with Crippen molar-refractivity contribution in [1.82, 2.24) is 42.2 Å². The predicted molar refractivity (Wildman–Crippen MR) is 563 cm³/mol. The van der Waals surface area contributed by atoms with Crippen molar-refractivity contribution in [3.63, 3.8) is 0 Å². The summed E-state index contributed by atoms with van der Waals surface area (Å²) in [5.74, 6) is -0.637. The van der Waals surface area contributed by atoms with Crippen LogP contribution in [0.25, 0.3) is 10.2 Å². The van der Waals surface area contributed by atoms with Crippen molar-refractivity contribution in [3.05, 3.63) is 250 Å². The summed E-state index contributed by atoms with van der Waals surface area (Å²) in [5, 5.41) is 58.1. The van der Waals surface area contributed by atoms with E-state index in [1.807, 2.05) is 198 Å². The van der Waals surface area contributed by atoms with Crippen LogP contribution >= 0.6 is 11.3 Å². The molecule has 7 aliphatic heterocycles. The minimum Gasteiger partial charge on any atom is -0.497 e. The number of aromatic nitrogens is 1. The van der Waals surface area contributed by atoms with E-state index in [9.17, 15) is 58.5 Å². The Labute approximate surface area is 847 Å². The molecule has 0 bridgehead atoms. The van der Waals surface area contributed by atoms with Gasteiger partial charge in [-0.15, -0.1) is 11.3 Å². The Hall–Kier alpha value is -13.6. The van der Waals surface area contributed by atoms with Gasteiger partial charge in [-0.2, -0.15) is 0 Å². The van der Waals surface area contributed by atoms with Crippen LogP contribution in [-0.4, -0.2) is 193 Å². The van der Waals surface area contributed by atoms with Gasteiger partial charge in [-0.25, -0.2) is 34.3 Å². The van der Waals surface area contributed by atoms with Crippen molar-refractivity contribution in [2.45, 2.75) is 217 Å². The molecule has 8 unspecified atom stereocenters. The molecular weight excluding hydrogens is 1840 g/mol. The summed E-state index contributed by atoms with van der Waals surface area (Å²) in [6.07, 6.45) is 20.6. The van der Waals surface area contributed by atoms with Crippen molar-refractivity contribution < 1.29 is 77.4 Å². The Bertz CT molecular complexity index is 5750. The summed E-state index contributed by atoms with van der Waals surface area (Å²) in [6, 6.07) is 56.0. The molecule has 8 aromatic carbocycles. The van der Waals surface area contributed by atoms with E-state index in [-0.39, 0.29) is 79.2 Å². The number of Topliss-reactive ketones (excluding diaryl/α,β-unsaturated/α-hetero) is 1. The number of aliphatic carboxylic acids is 3. The van der Waals surface area contributed by atoms with Crippen LogP contribution in [0.15, 0.2) is 221 Å². The van der Waals surface area contributed by atoms with Crippen LogP contribution in [0, 0.1) is 29.1 Å². The number of unbranched alkanes of at least 4 members (excludes halogenated alkanes) is 3. The fourth-order valence-electron chi connectivity index (χ4n) is 19.3. The summed E-state index contributed by atoms with van der Waals surface area (Å²) in [4.78, 5) is 132. The molecular formula is C113H138N14O16S. The molecule has 5 amide bonds. The van der Waals surface area contributed by atoms with Crippen LogP contribution in [0.2, 0.25) is 0 Å². The maximum atomic E-state index is 13.0. The number of nitrogens with zero attached hydrogens (tertiary/aromatic N) is 5. The molecule has 144 heavy (non-hydrogen) atoms. The average molecular weight is 1980 g/mol. The number of ketones is 1. The smallest absolute Gasteiger partial charge is 0.326 e. The number of amidine groups is 1. The minimum absolute atomic E-state index is 0.0330. The van der Waals surface area contributed by atoms with E-state index in [0.29, 0.717) is 79.3 Å². The van der Waals surface area contributed by atoms with Crippen LogP contribution in [0.1, 0.15) is 223 Å². The number of hydrogen-bond acceptors (Lipinski definition) is 22. The van der Waals surface area contributed by atoms with Crippen LogP contribution in [-0.2, 0) is 62.4 Å². The molecule has 762 valence electrons. The summed E-state index contributed by atoms with van der Waals surface area (Å²) in [7, 11) is 0. The number of fused-ring (bicyclic) bond motifs is 4. The number of benzene rings is 8. The molecule has 0 spiro atoms. The number of ether oxygens (including phenoxy) is 4. The Morgan fingerprint density at radius 1 is 0.486 bits per heavy atom. The van der Waals surface area contributed by atoms with E-state index in [4.69, 9.17) is 30.1 Å². The maximum absolute atomic E-state index is 13.0. The maximum Gasteiger partial charge on any atom is 0.326 e. The van der Waals surface area contributed by atoms with Gasteiger partial charge in [-0.3, -0.25) is 34.2 Å². The highest BCUT2D eigenvalue weighted by atomic mass is 32.1. The number of nitrogens with two attached hydrogens (primary N) is 1. The number of nitrogens with one attached hydrogen (secondary N) is 8. The highest BCUT2D eigenvalue weighted by molar-refractivity contribution is 7.20. The average Bonchev–Trinajstić information content (AvgIpc) is 1.43. The number of carboxylic acid groups (broad SMARTS) is 3. The summed E-state index contributed by atoms with van der Waals surface area (Å²) < 4.78 is 24.1. The van der Waals surface area contributed by atoms with E-state index < -0.39 is 59.8 Å². The zero-order valence-electron chi connectivity index (χ0n) is 82.9. The molecule has 13 N–H and O–H groups in total. The molecule has 0 saturated carbocycles. The Morgan fingerprint density at radius 2 is 0.875 bits per heavy atom. The first-order valence-electron chi connectivity index (χ1n) is 51.0. The normalized spacial score (nSPS) is 17.7. The van der Waals surface area contributed by atoms with Crippen molar-refractivity contribution >= 4 is 121 Å². The van der Waals surface area contributed by atoms with E-state index in [2.05, 4.69) is 63.8 Å². The van der Waals surface area contributed by atoms with Crippen molar-refractivity contribution in [2.75, 3.05) is 77.1 Å². The van der Waals surface area contributed by atoms with E-state index in [1.165, 1.54) is 88.4 Å². The lowest BCUT2D eigenvalue weighted by molar-refractivity contribution is -0.141. The highest BCUT2D eigenvalue weighted by Gasteiger charge is 2.38. The fourth-order valence-corrected chi connectivity index (χ4v) is 20.2. The molecule has 8 heterocycles. The lowest BCUT2D eigenvalue weighted by atomic mass is 9.92. The van der Waals surface area contributed by atoms with Gasteiger partial charge < -0.3 is 82.1 Å². The topological polar surface area (TPSA) is 439 Å². The molecule has 0 aliphatic carbocycles. The summed E-state index contributed by atoms with van der Waals surface area (Å²) in [6.45, 7) is 21.4. The highest BCUT2D eigenvalue weighted by Crippen LogP contribution is 2.40. The van der Waals surface area contributed by atoms with Gasteiger partial charge >= 0.3 is 17.9 Å².